The highest BCUT2D eigenvalue weighted by atomic mass is 15.3. The molecule has 0 aromatic carbocycles. The van der Waals surface area contributed by atoms with Gasteiger partial charge in [-0.1, -0.05) is 19.3 Å². The maximum Gasteiger partial charge on any atom is 0.114 e. The van der Waals surface area contributed by atoms with Crippen molar-refractivity contribution in [3.8, 4) is 0 Å². The van der Waals surface area contributed by atoms with E-state index in [1.165, 1.54) is 51.4 Å². The number of nitrogens with zero attached hydrogens (tertiary/aromatic N) is 1. The molecule has 0 heterocycles. The average Bonchev–Trinajstić information content (AvgIpc) is 3.02. The molecule has 0 aromatic rings. The largest absolute Gasteiger partial charge is 0.312 e. The first kappa shape index (κ1) is 10.6. The zero-order valence-electron chi connectivity index (χ0n) is 9.99. The van der Waals surface area contributed by atoms with Gasteiger partial charge in [-0.25, -0.2) is 5.84 Å². The third-order valence-corrected chi connectivity index (χ3v) is 4.88. The Hall–Kier alpha value is -0.570. The summed E-state index contributed by atoms with van der Waals surface area (Å²) in [6, 6.07) is 0.560. The van der Waals surface area contributed by atoms with E-state index in [9.17, 15) is 0 Å². The van der Waals surface area contributed by atoms with Crippen LogP contribution in [-0.2, 0) is 0 Å². The monoisotopic (exact) mass is 221 g/mol. The summed E-state index contributed by atoms with van der Waals surface area (Å²) in [5.41, 5.74) is 2.91. The number of nitrogens with one attached hydrogen (secondary N) is 1. The number of hydrogen-bond acceptors (Lipinski definition) is 2. The minimum Gasteiger partial charge on any atom is -0.312 e. The minimum absolute atomic E-state index is 0.560. The molecule has 3 saturated carbocycles. The predicted octanol–water partition coefficient (Wildman–Crippen LogP) is 2.23. The standard InChI is InChI=1S/C13H23N3/c14-16-13(15-11-3-1-2-4-11)12-8-9-5-6-10(12)7-9/h9-12H,1-8,14H2,(H,15,16). The second kappa shape index (κ2) is 4.36. The lowest BCUT2D eigenvalue weighted by Crippen LogP contribution is -2.39. The molecule has 90 valence electrons. The Labute approximate surface area is 97.9 Å². The number of aliphatic imine (C=N–C) groups is 1. The summed E-state index contributed by atoms with van der Waals surface area (Å²) in [6.45, 7) is 0. The Kier molecular flexibility index (Phi) is 2.88. The van der Waals surface area contributed by atoms with Crippen molar-refractivity contribution >= 4 is 5.84 Å². The van der Waals surface area contributed by atoms with Crippen LogP contribution in [0, 0.1) is 17.8 Å². The van der Waals surface area contributed by atoms with Crippen molar-refractivity contribution in [1.29, 1.82) is 0 Å². The van der Waals surface area contributed by atoms with E-state index in [1.807, 2.05) is 0 Å². The molecule has 0 aromatic heterocycles. The number of amidine groups is 1. The van der Waals surface area contributed by atoms with Crippen molar-refractivity contribution in [3.63, 3.8) is 0 Å². The van der Waals surface area contributed by atoms with E-state index in [0.29, 0.717) is 12.0 Å². The lowest BCUT2D eigenvalue weighted by Gasteiger charge is -2.24. The summed E-state index contributed by atoms with van der Waals surface area (Å²) in [4.78, 5) is 4.88. The molecule has 3 unspecified atom stereocenters. The lowest BCUT2D eigenvalue weighted by molar-refractivity contribution is 0.405. The molecule has 3 aliphatic rings. The maximum absolute atomic E-state index is 5.68. The quantitative estimate of drug-likeness (QED) is 0.325. The lowest BCUT2D eigenvalue weighted by atomic mass is 9.88. The Morgan fingerprint density at radius 2 is 1.88 bits per heavy atom. The molecule has 0 aliphatic heterocycles. The fourth-order valence-electron chi connectivity index (χ4n) is 4.05. The van der Waals surface area contributed by atoms with E-state index in [-0.39, 0.29) is 0 Å². The molecule has 3 fully saturated rings. The Morgan fingerprint density at radius 3 is 2.44 bits per heavy atom. The zero-order chi connectivity index (χ0) is 11.0. The van der Waals surface area contributed by atoms with Gasteiger partial charge in [-0.05, 0) is 43.9 Å². The molecule has 3 rings (SSSR count). The molecule has 2 bridgehead atoms. The van der Waals surface area contributed by atoms with Crippen molar-refractivity contribution in [3.05, 3.63) is 0 Å². The van der Waals surface area contributed by atoms with Gasteiger partial charge in [-0.15, -0.1) is 0 Å². The smallest absolute Gasteiger partial charge is 0.114 e. The van der Waals surface area contributed by atoms with Crippen LogP contribution in [0.5, 0.6) is 0 Å². The van der Waals surface area contributed by atoms with Crippen molar-refractivity contribution in [2.45, 2.75) is 57.4 Å². The van der Waals surface area contributed by atoms with Crippen LogP contribution in [0.15, 0.2) is 4.99 Å². The van der Waals surface area contributed by atoms with Crippen LogP contribution in [0.2, 0.25) is 0 Å². The van der Waals surface area contributed by atoms with Crippen LogP contribution in [-0.4, -0.2) is 11.9 Å². The first-order valence-electron chi connectivity index (χ1n) is 6.91. The number of fused-ring (bicyclic) bond motifs is 2. The fraction of sp³-hybridized carbons (Fsp3) is 0.923. The second-order valence-electron chi connectivity index (χ2n) is 5.88. The average molecular weight is 221 g/mol. The van der Waals surface area contributed by atoms with Crippen LogP contribution in [0.4, 0.5) is 0 Å². The molecule has 3 heteroatoms. The molecule has 0 saturated heterocycles. The van der Waals surface area contributed by atoms with Crippen molar-refractivity contribution in [2.75, 3.05) is 0 Å². The van der Waals surface area contributed by atoms with Gasteiger partial charge in [-0.3, -0.25) is 4.99 Å². The van der Waals surface area contributed by atoms with Crippen molar-refractivity contribution in [2.24, 2.45) is 28.6 Å². The van der Waals surface area contributed by atoms with Gasteiger partial charge in [0, 0.05) is 5.92 Å². The Bertz CT molecular complexity index is 281. The highest BCUT2D eigenvalue weighted by Gasteiger charge is 2.42. The molecule has 0 spiro atoms. The van der Waals surface area contributed by atoms with Crippen molar-refractivity contribution in [1.82, 2.24) is 5.43 Å². The fourth-order valence-corrected chi connectivity index (χ4v) is 4.05. The van der Waals surface area contributed by atoms with Gasteiger partial charge in [0.2, 0.25) is 0 Å². The molecule has 3 N–H and O–H groups in total. The summed E-state index contributed by atoms with van der Waals surface area (Å²) < 4.78 is 0. The maximum atomic E-state index is 5.68. The third-order valence-electron chi connectivity index (χ3n) is 4.88. The van der Waals surface area contributed by atoms with Crippen molar-refractivity contribution < 1.29 is 0 Å². The van der Waals surface area contributed by atoms with Gasteiger partial charge in [0.05, 0.1) is 6.04 Å². The number of hydrogen-bond donors (Lipinski definition) is 2. The SMILES string of the molecule is NNC(=NC1CCCC1)C1CC2CCC1C2. The van der Waals surface area contributed by atoms with Crippen LogP contribution >= 0.6 is 0 Å². The highest BCUT2D eigenvalue weighted by molar-refractivity contribution is 5.85. The van der Waals surface area contributed by atoms with Crippen LogP contribution in [0.1, 0.15) is 51.4 Å². The Balaban J connectivity index is 1.70. The summed E-state index contributed by atoms with van der Waals surface area (Å²) >= 11 is 0. The molecule has 0 radical (unpaired) electrons. The summed E-state index contributed by atoms with van der Waals surface area (Å²) in [6.07, 6.45) is 10.9. The molecular weight excluding hydrogens is 198 g/mol. The molecule has 3 atom stereocenters. The first-order chi connectivity index (χ1) is 7.86. The van der Waals surface area contributed by atoms with Gasteiger partial charge in [-0.2, -0.15) is 0 Å². The van der Waals surface area contributed by atoms with Crippen LogP contribution in [0.3, 0.4) is 0 Å². The van der Waals surface area contributed by atoms with Gasteiger partial charge in [0.15, 0.2) is 0 Å². The minimum atomic E-state index is 0.560. The normalized spacial score (nSPS) is 39.6. The Morgan fingerprint density at radius 1 is 1.06 bits per heavy atom. The summed E-state index contributed by atoms with van der Waals surface area (Å²) in [7, 11) is 0. The predicted molar refractivity (Wildman–Crippen MR) is 66.0 cm³/mol. The van der Waals surface area contributed by atoms with Gasteiger partial charge < -0.3 is 5.43 Å². The number of nitrogens with two attached hydrogens (primary N) is 1. The second-order valence-corrected chi connectivity index (χ2v) is 5.88. The van der Waals surface area contributed by atoms with E-state index < -0.39 is 0 Å². The number of rotatable bonds is 2. The van der Waals surface area contributed by atoms with E-state index in [0.717, 1.165) is 17.7 Å². The number of hydrazine groups is 1. The summed E-state index contributed by atoms with van der Waals surface area (Å²) in [5.74, 6) is 9.31. The molecule has 0 amide bonds. The van der Waals surface area contributed by atoms with E-state index in [2.05, 4.69) is 5.43 Å². The van der Waals surface area contributed by atoms with E-state index in [4.69, 9.17) is 10.8 Å². The van der Waals surface area contributed by atoms with Gasteiger partial charge in [0.25, 0.3) is 0 Å². The molecule has 3 nitrogen and oxygen atoms in total. The first-order valence-corrected chi connectivity index (χ1v) is 6.91. The van der Waals surface area contributed by atoms with Gasteiger partial charge >= 0.3 is 0 Å². The topological polar surface area (TPSA) is 50.4 Å². The summed E-state index contributed by atoms with van der Waals surface area (Å²) in [5, 5.41) is 0. The molecule has 3 aliphatic carbocycles. The molecular formula is C13H23N3. The van der Waals surface area contributed by atoms with Crippen LogP contribution < -0.4 is 11.3 Å². The van der Waals surface area contributed by atoms with E-state index >= 15 is 0 Å². The zero-order valence-corrected chi connectivity index (χ0v) is 9.99. The van der Waals surface area contributed by atoms with E-state index in [1.54, 1.807) is 0 Å². The third kappa shape index (κ3) is 1.86. The molecule has 16 heavy (non-hydrogen) atoms. The highest BCUT2D eigenvalue weighted by Crippen LogP contribution is 2.48. The van der Waals surface area contributed by atoms with Crippen LogP contribution in [0.25, 0.3) is 0 Å². The van der Waals surface area contributed by atoms with Gasteiger partial charge in [0.1, 0.15) is 5.84 Å².